The van der Waals surface area contributed by atoms with E-state index in [0.29, 0.717) is 23.8 Å². The molecule has 4 heteroatoms. The predicted octanol–water partition coefficient (Wildman–Crippen LogP) is 5.06. The molecule has 3 aromatic rings. The number of ether oxygens (including phenoxy) is 1. The van der Waals surface area contributed by atoms with Crippen LogP contribution in [-0.2, 0) is 6.54 Å². The highest BCUT2D eigenvalue weighted by molar-refractivity contribution is 6.05. The summed E-state index contributed by atoms with van der Waals surface area (Å²) in [4.78, 5) is 19.3. The topological polar surface area (TPSA) is 42.4 Å². The minimum atomic E-state index is -0.0933. The third kappa shape index (κ3) is 4.53. The van der Waals surface area contributed by atoms with Crippen molar-refractivity contribution in [1.82, 2.24) is 4.98 Å². The van der Waals surface area contributed by atoms with Gasteiger partial charge in [0, 0.05) is 11.8 Å². The Balaban J connectivity index is 1.90. The van der Waals surface area contributed by atoms with Crippen molar-refractivity contribution in [2.75, 3.05) is 12.0 Å². The number of aromatic nitrogens is 1. The van der Waals surface area contributed by atoms with Crippen molar-refractivity contribution in [3.63, 3.8) is 0 Å². The lowest BCUT2D eigenvalue weighted by molar-refractivity contribution is 0.0984. The van der Waals surface area contributed by atoms with E-state index >= 15 is 0 Å². The van der Waals surface area contributed by atoms with Crippen LogP contribution in [0, 0.1) is 0 Å². The number of hydrogen-bond acceptors (Lipinski definition) is 3. The Morgan fingerprint density at radius 3 is 2.26 bits per heavy atom. The van der Waals surface area contributed by atoms with Crippen LogP contribution < -0.4 is 9.64 Å². The second-order valence-electron chi connectivity index (χ2n) is 6.70. The number of anilines is 1. The average Bonchev–Trinajstić information content (AvgIpc) is 2.72. The molecule has 0 spiro atoms. The van der Waals surface area contributed by atoms with Gasteiger partial charge in [0.25, 0.3) is 5.91 Å². The number of amides is 1. The van der Waals surface area contributed by atoms with E-state index in [1.54, 1.807) is 42.5 Å². The number of rotatable bonds is 6. The summed E-state index contributed by atoms with van der Waals surface area (Å²) in [6, 6.07) is 21.1. The smallest absolute Gasteiger partial charge is 0.259 e. The van der Waals surface area contributed by atoms with Gasteiger partial charge in [0.15, 0.2) is 0 Å². The number of carbonyl (C=O) groups excluding carboxylic acids is 1. The molecule has 0 saturated heterocycles. The maximum Gasteiger partial charge on any atom is 0.259 e. The fourth-order valence-electron chi connectivity index (χ4n) is 2.85. The molecule has 0 N–H and O–H groups in total. The molecule has 1 heterocycles. The van der Waals surface area contributed by atoms with E-state index in [-0.39, 0.29) is 5.91 Å². The minimum Gasteiger partial charge on any atom is -0.497 e. The summed E-state index contributed by atoms with van der Waals surface area (Å²) >= 11 is 0. The first-order valence-electron chi connectivity index (χ1n) is 9.04. The van der Waals surface area contributed by atoms with Gasteiger partial charge in [-0.25, -0.2) is 4.98 Å². The fourth-order valence-corrected chi connectivity index (χ4v) is 2.85. The van der Waals surface area contributed by atoms with Gasteiger partial charge in [0.05, 0.1) is 13.7 Å². The summed E-state index contributed by atoms with van der Waals surface area (Å²) in [5.74, 6) is 1.74. The number of methoxy groups -OCH3 is 1. The molecule has 0 atom stereocenters. The van der Waals surface area contributed by atoms with Crippen LogP contribution in [0.25, 0.3) is 0 Å². The van der Waals surface area contributed by atoms with Crippen molar-refractivity contribution in [2.45, 2.75) is 26.3 Å². The molecule has 4 nitrogen and oxygen atoms in total. The SMILES string of the molecule is COc1ccc(C(=O)N(Cc2ccc(C(C)C)cc2)c2ccccn2)cc1. The number of hydrogen-bond donors (Lipinski definition) is 0. The Kier molecular flexibility index (Phi) is 5.87. The molecule has 2 aromatic carbocycles. The molecule has 0 aliphatic rings. The maximum atomic E-state index is 13.2. The first-order chi connectivity index (χ1) is 13.1. The molecule has 0 unspecified atom stereocenters. The molecular formula is C23H24N2O2. The van der Waals surface area contributed by atoms with Crippen LogP contribution in [0.2, 0.25) is 0 Å². The van der Waals surface area contributed by atoms with Crippen LogP contribution in [0.5, 0.6) is 5.75 Å². The van der Waals surface area contributed by atoms with E-state index in [0.717, 1.165) is 11.3 Å². The summed E-state index contributed by atoms with van der Waals surface area (Å²) < 4.78 is 5.18. The van der Waals surface area contributed by atoms with Crippen molar-refractivity contribution < 1.29 is 9.53 Å². The van der Waals surface area contributed by atoms with Crippen molar-refractivity contribution in [2.24, 2.45) is 0 Å². The second kappa shape index (κ2) is 8.49. The van der Waals surface area contributed by atoms with Gasteiger partial charge >= 0.3 is 0 Å². The Labute approximate surface area is 160 Å². The van der Waals surface area contributed by atoms with Gasteiger partial charge in [-0.1, -0.05) is 44.2 Å². The molecule has 0 aliphatic heterocycles. The summed E-state index contributed by atoms with van der Waals surface area (Å²) in [5, 5.41) is 0. The van der Waals surface area contributed by atoms with Gasteiger partial charge in [-0.2, -0.15) is 0 Å². The van der Waals surface area contributed by atoms with Crippen molar-refractivity contribution in [1.29, 1.82) is 0 Å². The molecule has 0 saturated carbocycles. The van der Waals surface area contributed by atoms with Gasteiger partial charge in [0.1, 0.15) is 11.6 Å². The number of nitrogens with zero attached hydrogens (tertiary/aromatic N) is 2. The minimum absolute atomic E-state index is 0.0933. The lowest BCUT2D eigenvalue weighted by Gasteiger charge is -2.22. The number of carbonyl (C=O) groups is 1. The fraction of sp³-hybridized carbons (Fsp3) is 0.217. The van der Waals surface area contributed by atoms with Crippen molar-refractivity contribution in [3.05, 3.63) is 89.6 Å². The maximum absolute atomic E-state index is 13.2. The molecule has 0 fully saturated rings. The summed E-state index contributed by atoms with van der Waals surface area (Å²) in [6.07, 6.45) is 1.70. The van der Waals surface area contributed by atoms with Crippen molar-refractivity contribution >= 4 is 11.7 Å². The third-order valence-electron chi connectivity index (χ3n) is 4.50. The molecule has 27 heavy (non-hydrogen) atoms. The Morgan fingerprint density at radius 1 is 1.00 bits per heavy atom. The predicted molar refractivity (Wildman–Crippen MR) is 108 cm³/mol. The molecule has 1 amide bonds. The van der Waals surface area contributed by atoms with Gasteiger partial charge < -0.3 is 4.74 Å². The highest BCUT2D eigenvalue weighted by Gasteiger charge is 2.19. The standard InChI is InChI=1S/C23H24N2O2/c1-17(2)19-9-7-18(8-10-19)16-25(22-6-4-5-15-24-22)23(26)20-11-13-21(27-3)14-12-20/h4-15,17H,16H2,1-3H3. The Hall–Kier alpha value is -3.14. The second-order valence-corrected chi connectivity index (χ2v) is 6.70. The molecule has 0 radical (unpaired) electrons. The van der Waals surface area contributed by atoms with Gasteiger partial charge in [-0.3, -0.25) is 9.69 Å². The van der Waals surface area contributed by atoms with E-state index in [9.17, 15) is 4.79 Å². The lowest BCUT2D eigenvalue weighted by atomic mass is 10.0. The lowest BCUT2D eigenvalue weighted by Crippen LogP contribution is -2.31. The third-order valence-corrected chi connectivity index (χ3v) is 4.50. The van der Waals surface area contributed by atoms with Crippen LogP contribution in [0.15, 0.2) is 72.9 Å². The summed E-state index contributed by atoms with van der Waals surface area (Å²) in [5.41, 5.74) is 2.94. The van der Waals surface area contributed by atoms with Crippen molar-refractivity contribution in [3.8, 4) is 5.75 Å². The van der Waals surface area contributed by atoms with Crippen LogP contribution >= 0.6 is 0 Å². The summed E-state index contributed by atoms with van der Waals surface area (Å²) in [6.45, 7) is 4.80. The highest BCUT2D eigenvalue weighted by Crippen LogP contribution is 2.21. The van der Waals surface area contributed by atoms with Gasteiger partial charge in [-0.05, 0) is 53.4 Å². The first-order valence-corrected chi connectivity index (χ1v) is 9.04. The van der Waals surface area contributed by atoms with Crippen LogP contribution in [0.1, 0.15) is 41.3 Å². The van der Waals surface area contributed by atoms with Crippen LogP contribution in [-0.4, -0.2) is 18.0 Å². The Morgan fingerprint density at radius 2 is 1.70 bits per heavy atom. The number of pyridine rings is 1. The van der Waals surface area contributed by atoms with Gasteiger partial charge in [-0.15, -0.1) is 0 Å². The molecule has 138 valence electrons. The largest absolute Gasteiger partial charge is 0.497 e. The Bertz CT molecular complexity index is 873. The number of benzene rings is 2. The zero-order valence-electron chi connectivity index (χ0n) is 15.9. The van der Waals surface area contributed by atoms with E-state index in [4.69, 9.17) is 4.74 Å². The zero-order valence-corrected chi connectivity index (χ0v) is 15.9. The van der Waals surface area contributed by atoms with E-state index in [1.807, 2.05) is 18.2 Å². The van der Waals surface area contributed by atoms with E-state index in [2.05, 4.69) is 43.1 Å². The van der Waals surface area contributed by atoms with Crippen LogP contribution in [0.3, 0.4) is 0 Å². The molecule has 1 aromatic heterocycles. The first kappa shape index (κ1) is 18.6. The highest BCUT2D eigenvalue weighted by atomic mass is 16.5. The summed E-state index contributed by atoms with van der Waals surface area (Å²) in [7, 11) is 1.61. The quantitative estimate of drug-likeness (QED) is 0.617. The molecule has 3 rings (SSSR count). The zero-order chi connectivity index (χ0) is 19.2. The molecule has 0 bridgehead atoms. The monoisotopic (exact) mass is 360 g/mol. The van der Waals surface area contributed by atoms with E-state index < -0.39 is 0 Å². The van der Waals surface area contributed by atoms with Crippen LogP contribution in [0.4, 0.5) is 5.82 Å². The van der Waals surface area contributed by atoms with Gasteiger partial charge in [0.2, 0.25) is 0 Å². The van der Waals surface area contributed by atoms with E-state index in [1.165, 1.54) is 5.56 Å². The molecule has 0 aliphatic carbocycles. The molecular weight excluding hydrogens is 336 g/mol. The normalized spacial score (nSPS) is 10.7. The average molecular weight is 360 g/mol.